The van der Waals surface area contributed by atoms with E-state index in [1.54, 1.807) is 14.2 Å². The maximum Gasteiger partial charge on any atom is 0.162 e. The van der Waals surface area contributed by atoms with Crippen molar-refractivity contribution < 1.29 is 9.47 Å². The second-order valence-electron chi connectivity index (χ2n) is 8.09. The number of anilines is 2. The molecule has 2 heterocycles. The average Bonchev–Trinajstić information content (AvgIpc) is 3.20. The van der Waals surface area contributed by atoms with Crippen LogP contribution in [0.1, 0.15) is 17.7 Å². The molecule has 2 aromatic carbocycles. The lowest BCUT2D eigenvalue weighted by Gasteiger charge is -2.41. The van der Waals surface area contributed by atoms with Crippen LogP contribution >= 0.6 is 11.6 Å². The zero-order valence-corrected chi connectivity index (χ0v) is 18.1. The molecular formula is C24H26ClN3O2. The Bertz CT molecular complexity index is 1100. The van der Waals surface area contributed by atoms with Gasteiger partial charge in [-0.1, -0.05) is 23.7 Å². The minimum atomic E-state index is 0.585. The van der Waals surface area contributed by atoms with Crippen molar-refractivity contribution in [1.29, 1.82) is 0 Å². The molecule has 1 fully saturated rings. The molecule has 0 radical (unpaired) electrons. The maximum absolute atomic E-state index is 6.35. The summed E-state index contributed by atoms with van der Waals surface area (Å²) in [6, 6.07) is 12.1. The number of benzene rings is 2. The Morgan fingerprint density at radius 1 is 1.10 bits per heavy atom. The monoisotopic (exact) mass is 423 g/mol. The molecular weight excluding hydrogens is 398 g/mol. The van der Waals surface area contributed by atoms with Crippen LogP contribution in [-0.4, -0.2) is 38.8 Å². The van der Waals surface area contributed by atoms with Gasteiger partial charge in [0.15, 0.2) is 11.5 Å². The van der Waals surface area contributed by atoms with Crippen LogP contribution in [0.4, 0.5) is 11.4 Å². The number of fused-ring (bicyclic) bond motifs is 2. The molecule has 30 heavy (non-hydrogen) atoms. The fraction of sp³-hybridized carbons (Fsp3) is 0.375. The fourth-order valence-corrected chi connectivity index (χ4v) is 4.90. The third-order valence-electron chi connectivity index (χ3n) is 6.23. The summed E-state index contributed by atoms with van der Waals surface area (Å²) in [5, 5.41) is 5.70. The first kappa shape index (κ1) is 19.3. The first-order valence-corrected chi connectivity index (χ1v) is 10.9. The van der Waals surface area contributed by atoms with Gasteiger partial charge < -0.3 is 19.7 Å². The van der Waals surface area contributed by atoms with E-state index in [-0.39, 0.29) is 0 Å². The van der Waals surface area contributed by atoms with Crippen LogP contribution in [0.25, 0.3) is 10.9 Å². The lowest BCUT2D eigenvalue weighted by molar-refractivity contribution is 0.356. The molecule has 0 saturated carbocycles. The van der Waals surface area contributed by atoms with E-state index in [1.807, 2.05) is 24.3 Å². The summed E-state index contributed by atoms with van der Waals surface area (Å²) >= 11 is 6.35. The molecule has 0 bridgehead atoms. The third kappa shape index (κ3) is 3.31. The van der Waals surface area contributed by atoms with Gasteiger partial charge in [-0.15, -0.1) is 0 Å². The highest BCUT2D eigenvalue weighted by Gasteiger charge is 2.29. The molecule has 0 amide bonds. The van der Waals surface area contributed by atoms with E-state index < -0.39 is 0 Å². The Hall–Kier alpha value is -2.66. The van der Waals surface area contributed by atoms with Crippen LogP contribution in [0.5, 0.6) is 11.5 Å². The number of aryl methyl sites for hydroxylation is 1. The summed E-state index contributed by atoms with van der Waals surface area (Å²) in [7, 11) is 3.34. The number of ether oxygens (including phenoxy) is 2. The summed E-state index contributed by atoms with van der Waals surface area (Å²) < 4.78 is 11.0. The van der Waals surface area contributed by atoms with Crippen molar-refractivity contribution >= 4 is 33.9 Å². The molecule has 1 aliphatic heterocycles. The van der Waals surface area contributed by atoms with Gasteiger partial charge in [0.25, 0.3) is 0 Å². The van der Waals surface area contributed by atoms with Gasteiger partial charge in [0.05, 0.1) is 30.4 Å². The highest BCUT2D eigenvalue weighted by atomic mass is 35.5. The number of para-hydroxylation sites is 1. The van der Waals surface area contributed by atoms with E-state index in [9.17, 15) is 0 Å². The zero-order chi connectivity index (χ0) is 20.7. The largest absolute Gasteiger partial charge is 0.493 e. The normalized spacial score (nSPS) is 15.8. The summed E-state index contributed by atoms with van der Waals surface area (Å²) in [4.78, 5) is 7.27. The van der Waals surface area contributed by atoms with Crippen molar-refractivity contribution in [2.24, 2.45) is 5.92 Å². The number of aromatic nitrogens is 1. The number of methoxy groups -OCH3 is 2. The molecule has 5 rings (SSSR count). The summed E-state index contributed by atoms with van der Waals surface area (Å²) in [5.74, 6) is 2.04. The van der Waals surface area contributed by atoms with Crippen LogP contribution < -0.4 is 19.7 Å². The quantitative estimate of drug-likeness (QED) is 0.608. The van der Waals surface area contributed by atoms with Gasteiger partial charge in [0.2, 0.25) is 0 Å². The number of pyridine rings is 1. The zero-order valence-electron chi connectivity index (χ0n) is 17.4. The summed E-state index contributed by atoms with van der Waals surface area (Å²) in [5.41, 5.74) is 5.87. The van der Waals surface area contributed by atoms with E-state index in [4.69, 9.17) is 26.1 Å². The second-order valence-corrected chi connectivity index (χ2v) is 8.50. The van der Waals surface area contributed by atoms with Crippen molar-refractivity contribution in [3.05, 3.63) is 52.7 Å². The van der Waals surface area contributed by atoms with Crippen molar-refractivity contribution in [1.82, 2.24) is 4.98 Å². The van der Waals surface area contributed by atoms with Gasteiger partial charge in [-0.2, -0.15) is 0 Å². The molecule has 3 aromatic rings. The summed E-state index contributed by atoms with van der Waals surface area (Å²) in [6.45, 7) is 2.96. The van der Waals surface area contributed by atoms with Crippen molar-refractivity contribution in [2.45, 2.75) is 19.3 Å². The van der Waals surface area contributed by atoms with Gasteiger partial charge in [-0.05, 0) is 43.0 Å². The molecule has 6 heteroatoms. The molecule has 156 valence electrons. The number of halogens is 1. The first-order chi connectivity index (χ1) is 14.7. The Kier molecular flexibility index (Phi) is 5.07. The molecule has 1 N–H and O–H groups in total. The second kappa shape index (κ2) is 7.88. The molecule has 2 aliphatic rings. The molecule has 0 atom stereocenters. The molecule has 1 saturated heterocycles. The van der Waals surface area contributed by atoms with Crippen LogP contribution in [0.15, 0.2) is 36.4 Å². The Labute approximate surface area is 182 Å². The van der Waals surface area contributed by atoms with E-state index in [1.165, 1.54) is 16.9 Å². The van der Waals surface area contributed by atoms with Gasteiger partial charge in [-0.25, -0.2) is 0 Å². The van der Waals surface area contributed by atoms with Gasteiger partial charge in [0, 0.05) is 48.4 Å². The van der Waals surface area contributed by atoms with E-state index in [0.717, 1.165) is 72.0 Å². The predicted octanol–water partition coefficient (Wildman–Crippen LogP) is 4.94. The first-order valence-electron chi connectivity index (χ1n) is 10.5. The average molecular weight is 424 g/mol. The fourth-order valence-electron chi connectivity index (χ4n) is 4.64. The van der Waals surface area contributed by atoms with Gasteiger partial charge in [-0.3, -0.25) is 4.98 Å². The molecule has 5 nitrogen and oxygen atoms in total. The molecule has 1 aromatic heterocycles. The van der Waals surface area contributed by atoms with Gasteiger partial charge >= 0.3 is 0 Å². The number of hydrogen-bond acceptors (Lipinski definition) is 5. The minimum Gasteiger partial charge on any atom is -0.493 e. The maximum atomic E-state index is 6.35. The number of nitrogens with zero attached hydrogens (tertiary/aromatic N) is 2. The van der Waals surface area contributed by atoms with Crippen molar-refractivity contribution in [2.75, 3.05) is 44.1 Å². The topological polar surface area (TPSA) is 46.6 Å². The highest BCUT2D eigenvalue weighted by Crippen LogP contribution is 2.40. The van der Waals surface area contributed by atoms with Crippen molar-refractivity contribution in [3.8, 4) is 11.5 Å². The van der Waals surface area contributed by atoms with Crippen LogP contribution in [0, 0.1) is 5.92 Å². The van der Waals surface area contributed by atoms with Crippen molar-refractivity contribution in [3.63, 3.8) is 0 Å². The predicted molar refractivity (Wildman–Crippen MR) is 123 cm³/mol. The van der Waals surface area contributed by atoms with E-state index in [2.05, 4.69) is 22.3 Å². The van der Waals surface area contributed by atoms with Crippen LogP contribution in [0.2, 0.25) is 5.02 Å². The summed E-state index contributed by atoms with van der Waals surface area (Å²) in [6.07, 6.45) is 3.27. The lowest BCUT2D eigenvalue weighted by Crippen LogP contribution is -2.49. The van der Waals surface area contributed by atoms with E-state index >= 15 is 0 Å². The van der Waals surface area contributed by atoms with Crippen LogP contribution in [0.3, 0.4) is 0 Å². The highest BCUT2D eigenvalue weighted by molar-refractivity contribution is 6.33. The molecule has 0 spiro atoms. The van der Waals surface area contributed by atoms with Gasteiger partial charge in [0.1, 0.15) is 0 Å². The SMILES string of the molecule is COc1cc2nc3c(c(NCC4CN(c5ccccc5Cl)C4)c2cc1OC)CCC3. The van der Waals surface area contributed by atoms with Crippen LogP contribution in [-0.2, 0) is 12.8 Å². The molecule has 0 unspecified atom stereocenters. The third-order valence-corrected chi connectivity index (χ3v) is 6.55. The lowest BCUT2D eigenvalue weighted by atomic mass is 9.98. The number of nitrogens with one attached hydrogen (secondary N) is 1. The number of hydrogen-bond donors (Lipinski definition) is 1. The molecule has 1 aliphatic carbocycles. The minimum absolute atomic E-state index is 0.585. The Morgan fingerprint density at radius 3 is 2.63 bits per heavy atom. The Balaban J connectivity index is 1.38. The number of rotatable bonds is 6. The van der Waals surface area contributed by atoms with E-state index in [0.29, 0.717) is 5.92 Å². The Morgan fingerprint density at radius 2 is 1.87 bits per heavy atom. The smallest absolute Gasteiger partial charge is 0.162 e. The standard InChI is InChI=1S/C24H26ClN3O2/c1-29-22-10-17-20(11-23(22)30-2)27-19-8-5-6-16(19)24(17)26-12-15-13-28(14-15)21-9-4-3-7-18(21)25/h3-4,7,9-11,15H,5-6,8,12-14H2,1-2H3,(H,26,27).